The zero-order valence-corrected chi connectivity index (χ0v) is 15.9. The monoisotopic (exact) mass is 381 g/mol. The molecule has 28 heavy (non-hydrogen) atoms. The van der Waals surface area contributed by atoms with Gasteiger partial charge in [-0.2, -0.15) is 5.10 Å². The molecule has 0 aromatic carbocycles. The molecule has 2 fully saturated rings. The van der Waals surface area contributed by atoms with Crippen LogP contribution in [0.15, 0.2) is 29.0 Å². The van der Waals surface area contributed by atoms with E-state index in [1.54, 1.807) is 0 Å². The van der Waals surface area contributed by atoms with E-state index in [-0.39, 0.29) is 11.9 Å². The van der Waals surface area contributed by atoms with Crippen LogP contribution in [0.5, 0.6) is 0 Å². The van der Waals surface area contributed by atoms with Crippen LogP contribution < -0.4 is 0 Å². The third-order valence-electron chi connectivity index (χ3n) is 5.80. The van der Waals surface area contributed by atoms with Crippen molar-refractivity contribution in [2.45, 2.75) is 38.1 Å². The number of hydrogen-bond donors (Lipinski definition) is 0. The lowest BCUT2D eigenvalue weighted by Crippen LogP contribution is -2.37. The third kappa shape index (κ3) is 2.97. The molecule has 5 rings (SSSR count). The lowest BCUT2D eigenvalue weighted by atomic mass is 9.93. The molecule has 3 aromatic rings. The first-order valence-electron chi connectivity index (χ1n) is 9.88. The second-order valence-corrected chi connectivity index (χ2v) is 7.53. The highest BCUT2D eigenvalue weighted by Crippen LogP contribution is 2.31. The fourth-order valence-corrected chi connectivity index (χ4v) is 3.98. The number of piperidine rings is 1. The first-order chi connectivity index (χ1) is 13.7. The molecule has 0 spiro atoms. The molecule has 2 aliphatic heterocycles. The molecule has 3 aromatic heterocycles. The zero-order chi connectivity index (χ0) is 19.1. The Kier molecular flexibility index (Phi) is 4.35. The minimum absolute atomic E-state index is 0.227. The van der Waals surface area contributed by atoms with Gasteiger partial charge in [0.1, 0.15) is 5.69 Å². The summed E-state index contributed by atoms with van der Waals surface area (Å²) < 4.78 is 12.9. The summed E-state index contributed by atoms with van der Waals surface area (Å²) in [6.45, 7) is 4.87. The standard InChI is InChI=1S/C20H23N5O3/c1-2-20(26)24-5-3-13(4-6-24)16-8-19(28-23-16)17-7-18-14(9-21-17)10-22-25(18)15-11-27-12-15/h7-10,13,15H,2-6,11-12H2,1H3. The van der Waals surface area contributed by atoms with Crippen molar-refractivity contribution in [2.75, 3.05) is 26.3 Å². The van der Waals surface area contributed by atoms with Gasteiger partial charge in [0.25, 0.3) is 0 Å². The number of fused-ring (bicyclic) bond motifs is 1. The highest BCUT2D eigenvalue weighted by Gasteiger charge is 2.26. The molecule has 0 aliphatic carbocycles. The normalized spacial score (nSPS) is 18.5. The van der Waals surface area contributed by atoms with Crippen molar-refractivity contribution in [3.05, 3.63) is 30.2 Å². The quantitative estimate of drug-likeness (QED) is 0.691. The van der Waals surface area contributed by atoms with E-state index in [0.717, 1.165) is 48.2 Å². The number of pyridine rings is 1. The van der Waals surface area contributed by atoms with Crippen molar-refractivity contribution >= 4 is 16.8 Å². The fraction of sp³-hybridized carbons (Fsp3) is 0.500. The number of carbonyl (C=O) groups excluding carboxylic acids is 1. The summed E-state index contributed by atoms with van der Waals surface area (Å²) >= 11 is 0. The van der Waals surface area contributed by atoms with E-state index in [9.17, 15) is 4.79 Å². The Balaban J connectivity index is 1.35. The van der Waals surface area contributed by atoms with E-state index in [1.165, 1.54) is 0 Å². The topological polar surface area (TPSA) is 86.3 Å². The molecule has 2 aliphatic rings. The lowest BCUT2D eigenvalue weighted by molar-refractivity contribution is -0.131. The summed E-state index contributed by atoms with van der Waals surface area (Å²) in [4.78, 5) is 18.3. The van der Waals surface area contributed by atoms with Gasteiger partial charge < -0.3 is 14.2 Å². The molecule has 0 N–H and O–H groups in total. The van der Waals surface area contributed by atoms with Gasteiger partial charge in [0.05, 0.1) is 36.7 Å². The summed E-state index contributed by atoms with van der Waals surface area (Å²) in [6, 6.07) is 4.28. The van der Waals surface area contributed by atoms with Crippen molar-refractivity contribution in [3.8, 4) is 11.5 Å². The van der Waals surface area contributed by atoms with Crippen LogP contribution in [0, 0.1) is 0 Å². The van der Waals surface area contributed by atoms with Gasteiger partial charge in [0, 0.05) is 43.1 Å². The van der Waals surface area contributed by atoms with Gasteiger partial charge in [0.15, 0.2) is 5.76 Å². The summed E-state index contributed by atoms with van der Waals surface area (Å²) in [5.41, 5.74) is 2.73. The number of amides is 1. The van der Waals surface area contributed by atoms with Crippen LogP contribution in [0.1, 0.15) is 43.8 Å². The SMILES string of the molecule is CCC(=O)N1CCC(c2cc(-c3cc4c(cn3)cnn4C3COC3)on2)CC1. The number of hydrogen-bond acceptors (Lipinski definition) is 6. The first kappa shape index (κ1) is 17.4. The summed E-state index contributed by atoms with van der Waals surface area (Å²) in [5, 5.41) is 9.78. The molecule has 0 bridgehead atoms. The average molecular weight is 381 g/mol. The van der Waals surface area contributed by atoms with Gasteiger partial charge in [-0.1, -0.05) is 12.1 Å². The number of likely N-dealkylation sites (tertiary alicyclic amines) is 1. The number of ether oxygens (including phenoxy) is 1. The van der Waals surface area contributed by atoms with Crippen molar-refractivity contribution in [1.29, 1.82) is 0 Å². The van der Waals surface area contributed by atoms with Gasteiger partial charge in [-0.05, 0) is 18.9 Å². The predicted octanol–water partition coefficient (Wildman–Crippen LogP) is 2.77. The average Bonchev–Trinajstić information content (AvgIpc) is 3.34. The van der Waals surface area contributed by atoms with E-state index in [1.807, 2.05) is 41.0 Å². The Morgan fingerprint density at radius 3 is 2.75 bits per heavy atom. The van der Waals surface area contributed by atoms with E-state index in [4.69, 9.17) is 9.26 Å². The molecule has 1 amide bonds. The van der Waals surface area contributed by atoms with Crippen LogP contribution in [0.2, 0.25) is 0 Å². The second-order valence-electron chi connectivity index (χ2n) is 7.53. The van der Waals surface area contributed by atoms with Crippen LogP contribution in [0.3, 0.4) is 0 Å². The molecule has 8 nitrogen and oxygen atoms in total. The van der Waals surface area contributed by atoms with Crippen molar-refractivity contribution in [3.63, 3.8) is 0 Å². The van der Waals surface area contributed by atoms with E-state index in [0.29, 0.717) is 31.3 Å². The van der Waals surface area contributed by atoms with Gasteiger partial charge in [-0.3, -0.25) is 14.5 Å². The smallest absolute Gasteiger partial charge is 0.222 e. The molecule has 5 heterocycles. The van der Waals surface area contributed by atoms with E-state index >= 15 is 0 Å². The molecule has 146 valence electrons. The first-order valence-corrected chi connectivity index (χ1v) is 9.88. The lowest BCUT2D eigenvalue weighted by Gasteiger charge is -2.30. The van der Waals surface area contributed by atoms with Gasteiger partial charge in [-0.25, -0.2) is 0 Å². The maximum atomic E-state index is 11.9. The Morgan fingerprint density at radius 2 is 2.04 bits per heavy atom. The minimum atomic E-state index is 0.227. The van der Waals surface area contributed by atoms with Crippen molar-refractivity contribution < 1.29 is 14.1 Å². The summed E-state index contributed by atoms with van der Waals surface area (Å²) in [5.74, 6) is 1.21. The third-order valence-corrected chi connectivity index (χ3v) is 5.80. The predicted molar refractivity (Wildman–Crippen MR) is 102 cm³/mol. The van der Waals surface area contributed by atoms with Crippen LogP contribution >= 0.6 is 0 Å². The summed E-state index contributed by atoms with van der Waals surface area (Å²) in [6.07, 6.45) is 6.06. The van der Waals surface area contributed by atoms with Gasteiger partial charge in [-0.15, -0.1) is 0 Å². The second kappa shape index (κ2) is 7.01. The number of carbonyl (C=O) groups is 1. The maximum absolute atomic E-state index is 11.9. The minimum Gasteiger partial charge on any atom is -0.377 e. The Labute approximate surface area is 162 Å². The highest BCUT2D eigenvalue weighted by atomic mass is 16.5. The Bertz CT molecular complexity index is 998. The molecule has 0 radical (unpaired) electrons. The van der Waals surface area contributed by atoms with E-state index in [2.05, 4.69) is 15.2 Å². The Morgan fingerprint density at radius 1 is 1.21 bits per heavy atom. The van der Waals surface area contributed by atoms with Crippen LogP contribution in [-0.2, 0) is 9.53 Å². The fourth-order valence-electron chi connectivity index (χ4n) is 3.98. The van der Waals surface area contributed by atoms with Gasteiger partial charge in [0.2, 0.25) is 5.91 Å². The van der Waals surface area contributed by atoms with Gasteiger partial charge >= 0.3 is 0 Å². The molecular formula is C20H23N5O3. The number of rotatable bonds is 4. The zero-order valence-electron chi connectivity index (χ0n) is 15.9. The van der Waals surface area contributed by atoms with Crippen molar-refractivity contribution in [1.82, 2.24) is 24.8 Å². The van der Waals surface area contributed by atoms with Crippen LogP contribution in [0.4, 0.5) is 0 Å². The highest BCUT2D eigenvalue weighted by molar-refractivity contribution is 5.81. The van der Waals surface area contributed by atoms with E-state index < -0.39 is 0 Å². The molecule has 0 atom stereocenters. The summed E-state index contributed by atoms with van der Waals surface area (Å²) in [7, 11) is 0. The molecule has 0 unspecified atom stereocenters. The number of nitrogens with zero attached hydrogens (tertiary/aromatic N) is 5. The molecule has 2 saturated heterocycles. The largest absolute Gasteiger partial charge is 0.377 e. The van der Waals surface area contributed by atoms with Crippen LogP contribution in [0.25, 0.3) is 22.4 Å². The molecular weight excluding hydrogens is 358 g/mol. The molecule has 0 saturated carbocycles. The van der Waals surface area contributed by atoms with Crippen LogP contribution in [-0.4, -0.2) is 57.0 Å². The Hall–Kier alpha value is -2.74. The number of aromatic nitrogens is 4. The van der Waals surface area contributed by atoms with Crippen molar-refractivity contribution in [2.24, 2.45) is 0 Å². The maximum Gasteiger partial charge on any atom is 0.222 e. The molecule has 8 heteroatoms.